The molecule has 0 saturated heterocycles. The van der Waals surface area contributed by atoms with E-state index in [-0.39, 0.29) is 34.6 Å². The van der Waals surface area contributed by atoms with Gasteiger partial charge in [0.2, 0.25) is 15.9 Å². The molecule has 4 aromatic rings. The zero-order chi connectivity index (χ0) is 27.1. The molecule has 0 radical (unpaired) electrons. The van der Waals surface area contributed by atoms with E-state index in [9.17, 15) is 22.7 Å². The molecule has 1 aromatic carbocycles. The van der Waals surface area contributed by atoms with Gasteiger partial charge in [-0.2, -0.15) is 9.61 Å². The standard InChI is InChI=1S/C25H27FN8O4S/c26-18-3-1-2-4-20(18)39(37,38)33-17-9-7-15(8-10-17)28-21-12-22(29-16-5-6-16)34-23(31-21)14(13-27-34)11-19-24(35)32-25(36)30-19/h1-4,11-13,15-17,28,33,35H,5-10H2,(H2,30,32,36)/b14-11-,29-22?. The van der Waals surface area contributed by atoms with Crippen molar-refractivity contribution < 1.29 is 17.9 Å². The van der Waals surface area contributed by atoms with Gasteiger partial charge in [0.1, 0.15) is 22.2 Å². The number of halogens is 1. The lowest BCUT2D eigenvalue weighted by molar-refractivity contribution is 0.386. The van der Waals surface area contributed by atoms with Crippen LogP contribution in [-0.2, 0) is 10.0 Å². The number of aromatic hydroxyl groups is 1. The fourth-order valence-electron chi connectivity index (χ4n) is 4.78. The molecule has 0 spiro atoms. The number of hydrogen-bond acceptors (Lipinski definition) is 8. The highest BCUT2D eigenvalue weighted by Crippen LogP contribution is 2.25. The van der Waals surface area contributed by atoms with E-state index >= 15 is 0 Å². The van der Waals surface area contributed by atoms with Crippen LogP contribution in [0.5, 0.6) is 5.88 Å². The van der Waals surface area contributed by atoms with Crippen LogP contribution in [0.3, 0.4) is 0 Å². The number of hydrogen-bond donors (Lipinski definition) is 5. The molecule has 0 atom stereocenters. The van der Waals surface area contributed by atoms with Gasteiger partial charge in [0.15, 0.2) is 11.1 Å². The molecule has 5 N–H and O–H groups in total. The van der Waals surface area contributed by atoms with Gasteiger partial charge in [0.25, 0.3) is 0 Å². The lowest BCUT2D eigenvalue weighted by Gasteiger charge is -2.29. The van der Waals surface area contributed by atoms with Crippen LogP contribution in [0, 0.1) is 5.82 Å². The molecular formula is C25H27FN8O4S. The van der Waals surface area contributed by atoms with Gasteiger partial charge in [-0.15, -0.1) is 0 Å². The monoisotopic (exact) mass is 554 g/mol. The predicted molar refractivity (Wildman–Crippen MR) is 140 cm³/mol. The van der Waals surface area contributed by atoms with Crippen LogP contribution in [-0.4, -0.2) is 56.2 Å². The maximum atomic E-state index is 14.0. The SMILES string of the molecule is O=c1[nH]c(O)c(/C=c2/cnn3c(=NC4CC4)cc(NC4CCC(NS(=O)(=O)c5ccccc5F)CC4)nc23)[nH]1. The average molecular weight is 555 g/mol. The highest BCUT2D eigenvalue weighted by molar-refractivity contribution is 7.89. The number of fused-ring (bicyclic) bond motifs is 1. The third-order valence-corrected chi connectivity index (χ3v) is 8.46. The van der Waals surface area contributed by atoms with Gasteiger partial charge in [0.05, 0.1) is 12.2 Å². The lowest BCUT2D eigenvalue weighted by atomic mass is 9.92. The van der Waals surface area contributed by atoms with E-state index in [1.807, 2.05) is 6.07 Å². The molecule has 12 nitrogen and oxygen atoms in total. The summed E-state index contributed by atoms with van der Waals surface area (Å²) >= 11 is 0. The first-order chi connectivity index (χ1) is 18.7. The van der Waals surface area contributed by atoms with Gasteiger partial charge in [-0.1, -0.05) is 12.1 Å². The summed E-state index contributed by atoms with van der Waals surface area (Å²) in [6.07, 6.45) is 7.73. The van der Waals surface area contributed by atoms with Crippen molar-refractivity contribution >= 4 is 27.6 Å². The molecule has 204 valence electrons. The van der Waals surface area contributed by atoms with Gasteiger partial charge >= 0.3 is 5.69 Å². The van der Waals surface area contributed by atoms with Gasteiger partial charge in [-0.05, 0) is 56.7 Å². The summed E-state index contributed by atoms with van der Waals surface area (Å²) in [5, 5.41) is 18.4. The van der Waals surface area contributed by atoms with Crippen molar-refractivity contribution in [3.63, 3.8) is 0 Å². The minimum absolute atomic E-state index is 0.0448. The van der Waals surface area contributed by atoms with Crippen LogP contribution in [0.4, 0.5) is 10.2 Å². The highest BCUT2D eigenvalue weighted by atomic mass is 32.2. The zero-order valence-electron chi connectivity index (χ0n) is 20.8. The second-order valence-electron chi connectivity index (χ2n) is 9.93. The summed E-state index contributed by atoms with van der Waals surface area (Å²) in [7, 11) is -3.95. The third-order valence-electron chi connectivity index (χ3n) is 6.90. The summed E-state index contributed by atoms with van der Waals surface area (Å²) in [6, 6.07) is 7.17. The summed E-state index contributed by atoms with van der Waals surface area (Å²) in [6.45, 7) is 0. The molecule has 0 aliphatic heterocycles. The van der Waals surface area contributed by atoms with Crippen LogP contribution in [0.15, 0.2) is 51.2 Å². The Bertz CT molecular complexity index is 1820. The predicted octanol–water partition coefficient (Wildman–Crippen LogP) is 0.903. The summed E-state index contributed by atoms with van der Waals surface area (Å²) in [5.41, 5.74) is 0.837. The summed E-state index contributed by atoms with van der Waals surface area (Å²) in [5.74, 6) is -0.457. The highest BCUT2D eigenvalue weighted by Gasteiger charge is 2.27. The Morgan fingerprint density at radius 1 is 1.10 bits per heavy atom. The Kier molecular flexibility index (Phi) is 6.43. The maximum absolute atomic E-state index is 14.0. The van der Waals surface area contributed by atoms with Crippen molar-refractivity contribution in [2.24, 2.45) is 4.99 Å². The molecule has 0 bridgehead atoms. The van der Waals surface area contributed by atoms with Crippen molar-refractivity contribution in [1.29, 1.82) is 0 Å². The zero-order valence-corrected chi connectivity index (χ0v) is 21.6. The topological polar surface area (TPSA) is 170 Å². The van der Waals surface area contributed by atoms with E-state index in [2.05, 4.69) is 25.1 Å². The molecule has 2 saturated carbocycles. The maximum Gasteiger partial charge on any atom is 0.326 e. The number of aromatic amines is 2. The van der Waals surface area contributed by atoms with Crippen molar-refractivity contribution in [3.05, 3.63) is 69.2 Å². The molecule has 6 rings (SSSR count). The number of nitrogens with one attached hydrogen (secondary N) is 4. The third kappa shape index (κ3) is 5.43. The Labute approximate surface area is 221 Å². The molecule has 0 unspecified atom stereocenters. The summed E-state index contributed by atoms with van der Waals surface area (Å²) in [4.78, 5) is 25.5. The number of sulfonamides is 1. The number of imidazole rings is 1. The minimum atomic E-state index is -3.95. The van der Waals surface area contributed by atoms with Crippen molar-refractivity contribution in [2.45, 2.75) is 61.5 Å². The number of benzene rings is 1. The Morgan fingerprint density at radius 2 is 1.85 bits per heavy atom. The quantitative estimate of drug-likeness (QED) is 0.226. The van der Waals surface area contributed by atoms with E-state index in [1.165, 1.54) is 18.2 Å². The first-order valence-electron chi connectivity index (χ1n) is 12.7. The van der Waals surface area contributed by atoms with Crippen LogP contribution in [0.2, 0.25) is 0 Å². The molecule has 2 fully saturated rings. The fourth-order valence-corrected chi connectivity index (χ4v) is 6.16. The molecule has 39 heavy (non-hydrogen) atoms. The normalized spacial score (nSPS) is 21.1. The van der Waals surface area contributed by atoms with Gasteiger partial charge in [-0.25, -0.2) is 27.3 Å². The van der Waals surface area contributed by atoms with Crippen LogP contribution >= 0.6 is 0 Å². The van der Waals surface area contributed by atoms with Gasteiger partial charge in [-0.3, -0.25) is 9.98 Å². The van der Waals surface area contributed by atoms with Gasteiger partial charge < -0.3 is 15.4 Å². The second kappa shape index (κ2) is 9.93. The molecule has 3 aromatic heterocycles. The second-order valence-corrected chi connectivity index (χ2v) is 11.6. The summed E-state index contributed by atoms with van der Waals surface area (Å²) < 4.78 is 43.7. The van der Waals surface area contributed by atoms with Crippen LogP contribution in [0.1, 0.15) is 44.2 Å². The van der Waals surface area contributed by atoms with Crippen molar-refractivity contribution in [3.8, 4) is 5.88 Å². The van der Waals surface area contributed by atoms with Gasteiger partial charge in [0, 0.05) is 23.4 Å². The van der Waals surface area contributed by atoms with E-state index in [0.717, 1.165) is 18.9 Å². The Balaban J connectivity index is 1.22. The van der Waals surface area contributed by atoms with E-state index in [0.29, 0.717) is 47.9 Å². The lowest BCUT2D eigenvalue weighted by Crippen LogP contribution is -2.40. The van der Waals surface area contributed by atoms with E-state index < -0.39 is 21.5 Å². The molecule has 0 amide bonds. The van der Waals surface area contributed by atoms with Crippen LogP contribution in [0.25, 0.3) is 11.7 Å². The Hall–Kier alpha value is -4.04. The number of rotatable bonds is 7. The Morgan fingerprint density at radius 3 is 2.54 bits per heavy atom. The van der Waals surface area contributed by atoms with E-state index in [4.69, 9.17) is 9.98 Å². The van der Waals surface area contributed by atoms with Crippen molar-refractivity contribution in [2.75, 3.05) is 5.32 Å². The number of H-pyrrole nitrogens is 2. The van der Waals surface area contributed by atoms with Crippen molar-refractivity contribution in [1.82, 2.24) is 29.3 Å². The van der Waals surface area contributed by atoms with E-state index in [1.54, 1.807) is 16.8 Å². The largest absolute Gasteiger partial charge is 0.493 e. The minimum Gasteiger partial charge on any atom is -0.493 e. The molecule has 14 heteroatoms. The smallest absolute Gasteiger partial charge is 0.326 e. The number of anilines is 1. The molecule has 2 aliphatic carbocycles. The van der Waals surface area contributed by atoms with Crippen LogP contribution < -0.4 is 26.4 Å². The molecule has 2 aliphatic rings. The first kappa shape index (κ1) is 25.2. The number of nitrogens with zero attached hydrogens (tertiary/aromatic N) is 4. The molecular weight excluding hydrogens is 527 g/mol. The fraction of sp³-hybridized carbons (Fsp3) is 0.360. The average Bonchev–Trinajstić information content (AvgIpc) is 3.53. The number of aromatic nitrogens is 5. The molecule has 3 heterocycles. The first-order valence-corrected chi connectivity index (χ1v) is 14.2.